The number of carbonyl (C=O) groups is 2. The maximum Gasteiger partial charge on any atom is 0.303 e. The number of rotatable bonds is 9. The van der Waals surface area contributed by atoms with Crippen LogP contribution < -0.4 is 5.32 Å². The second kappa shape index (κ2) is 9.19. The number of nitrogens with one attached hydrogen (secondary N) is 1. The largest absolute Gasteiger partial charge is 0.481 e. The first-order chi connectivity index (χ1) is 7.52. The van der Waals surface area contributed by atoms with E-state index in [9.17, 15) is 9.59 Å². The molecule has 0 aromatic rings. The molecular weight excluding hydrogens is 206 g/mol. The molecule has 4 heteroatoms. The van der Waals surface area contributed by atoms with Crippen LogP contribution in [0.2, 0.25) is 0 Å². The highest BCUT2D eigenvalue weighted by Crippen LogP contribution is 2.05. The summed E-state index contributed by atoms with van der Waals surface area (Å²) in [5.74, 6) is -0.165. The summed E-state index contributed by atoms with van der Waals surface area (Å²) in [7, 11) is 0. The summed E-state index contributed by atoms with van der Waals surface area (Å²) >= 11 is 0. The molecule has 0 saturated carbocycles. The lowest BCUT2D eigenvalue weighted by atomic mass is 10.1. The van der Waals surface area contributed by atoms with E-state index in [1.807, 2.05) is 0 Å². The Labute approximate surface area is 97.4 Å². The highest BCUT2D eigenvalue weighted by molar-refractivity contribution is 5.76. The molecule has 0 spiro atoms. The first kappa shape index (κ1) is 14.9. The van der Waals surface area contributed by atoms with Crippen molar-refractivity contribution >= 4 is 11.9 Å². The van der Waals surface area contributed by atoms with E-state index in [1.165, 1.54) is 6.42 Å². The summed E-state index contributed by atoms with van der Waals surface area (Å²) in [6.07, 6.45) is 4.13. The van der Waals surface area contributed by atoms with Crippen molar-refractivity contribution in [1.82, 2.24) is 5.32 Å². The average molecular weight is 229 g/mol. The summed E-state index contributed by atoms with van der Waals surface area (Å²) in [6.45, 7) is 5.08. The number of hydrogen-bond acceptors (Lipinski definition) is 2. The molecule has 0 aromatic heterocycles. The van der Waals surface area contributed by atoms with Gasteiger partial charge in [-0.25, -0.2) is 0 Å². The van der Waals surface area contributed by atoms with E-state index in [4.69, 9.17) is 5.11 Å². The summed E-state index contributed by atoms with van der Waals surface area (Å²) in [4.78, 5) is 21.4. The van der Waals surface area contributed by atoms with Gasteiger partial charge in [-0.3, -0.25) is 9.59 Å². The van der Waals surface area contributed by atoms with Crippen LogP contribution in [0.3, 0.4) is 0 Å². The summed E-state index contributed by atoms with van der Waals surface area (Å²) < 4.78 is 0. The maximum atomic E-state index is 11.2. The molecule has 0 bridgehead atoms. The van der Waals surface area contributed by atoms with Crippen molar-refractivity contribution in [2.24, 2.45) is 5.92 Å². The van der Waals surface area contributed by atoms with E-state index in [0.717, 1.165) is 12.8 Å². The zero-order chi connectivity index (χ0) is 12.4. The fourth-order valence-electron chi connectivity index (χ4n) is 1.39. The quantitative estimate of drug-likeness (QED) is 0.595. The van der Waals surface area contributed by atoms with E-state index < -0.39 is 5.97 Å². The first-order valence-electron chi connectivity index (χ1n) is 6.01. The lowest BCUT2D eigenvalue weighted by molar-refractivity contribution is -0.137. The Morgan fingerprint density at radius 2 is 1.81 bits per heavy atom. The Hall–Kier alpha value is -1.06. The molecule has 4 nitrogen and oxygen atoms in total. The maximum absolute atomic E-state index is 11.2. The minimum atomic E-state index is -0.843. The fraction of sp³-hybridized carbons (Fsp3) is 0.833. The Morgan fingerprint density at radius 3 is 2.38 bits per heavy atom. The fourth-order valence-corrected chi connectivity index (χ4v) is 1.39. The van der Waals surface area contributed by atoms with E-state index in [2.05, 4.69) is 19.2 Å². The first-order valence-corrected chi connectivity index (χ1v) is 6.01. The van der Waals surface area contributed by atoms with Crippen molar-refractivity contribution in [2.45, 2.75) is 52.4 Å². The SMILES string of the molecule is CC(C)CCCCNC(=O)CCCC(=O)O. The molecule has 16 heavy (non-hydrogen) atoms. The minimum Gasteiger partial charge on any atom is -0.481 e. The lowest BCUT2D eigenvalue weighted by Gasteiger charge is -2.06. The van der Waals surface area contributed by atoms with Gasteiger partial charge in [-0.1, -0.05) is 26.7 Å². The number of carbonyl (C=O) groups excluding carboxylic acids is 1. The number of amides is 1. The van der Waals surface area contributed by atoms with Crippen LogP contribution in [0.1, 0.15) is 52.4 Å². The summed E-state index contributed by atoms with van der Waals surface area (Å²) in [6, 6.07) is 0. The third-order valence-electron chi connectivity index (χ3n) is 2.32. The number of carboxylic acid groups (broad SMARTS) is 1. The highest BCUT2D eigenvalue weighted by Gasteiger charge is 2.03. The van der Waals surface area contributed by atoms with Crippen LogP contribution in [0, 0.1) is 5.92 Å². The molecule has 2 N–H and O–H groups in total. The van der Waals surface area contributed by atoms with Gasteiger partial charge in [0.05, 0.1) is 0 Å². The van der Waals surface area contributed by atoms with E-state index in [0.29, 0.717) is 25.3 Å². The smallest absolute Gasteiger partial charge is 0.303 e. The third kappa shape index (κ3) is 11.0. The van der Waals surface area contributed by atoms with Crippen LogP contribution in [-0.2, 0) is 9.59 Å². The molecule has 1 amide bonds. The van der Waals surface area contributed by atoms with Crippen molar-refractivity contribution in [3.05, 3.63) is 0 Å². The van der Waals surface area contributed by atoms with Gasteiger partial charge < -0.3 is 10.4 Å². The molecule has 0 fully saturated rings. The van der Waals surface area contributed by atoms with Gasteiger partial charge in [0.2, 0.25) is 5.91 Å². The van der Waals surface area contributed by atoms with Crippen molar-refractivity contribution < 1.29 is 14.7 Å². The molecule has 0 unspecified atom stereocenters. The zero-order valence-electron chi connectivity index (χ0n) is 10.3. The van der Waals surface area contributed by atoms with Gasteiger partial charge in [0, 0.05) is 19.4 Å². The standard InChI is InChI=1S/C12H23NO3/c1-10(2)6-3-4-9-13-11(14)7-5-8-12(15)16/h10H,3-9H2,1-2H3,(H,13,14)(H,15,16). The summed E-state index contributed by atoms with van der Waals surface area (Å²) in [5.41, 5.74) is 0. The topological polar surface area (TPSA) is 66.4 Å². The number of carboxylic acids is 1. The van der Waals surface area contributed by atoms with Gasteiger partial charge in [0.25, 0.3) is 0 Å². The molecule has 0 rings (SSSR count). The molecule has 0 atom stereocenters. The predicted octanol–water partition coefficient (Wildman–Crippen LogP) is 2.18. The van der Waals surface area contributed by atoms with Crippen molar-refractivity contribution in [1.29, 1.82) is 0 Å². The molecule has 0 radical (unpaired) electrons. The molecule has 0 aliphatic carbocycles. The Kier molecular flexibility index (Phi) is 8.58. The van der Waals surface area contributed by atoms with Gasteiger partial charge >= 0.3 is 5.97 Å². The average Bonchev–Trinajstić information content (AvgIpc) is 2.16. The van der Waals surface area contributed by atoms with E-state index in [1.54, 1.807) is 0 Å². The Morgan fingerprint density at radius 1 is 1.12 bits per heavy atom. The molecule has 0 heterocycles. The normalized spacial score (nSPS) is 10.4. The molecule has 0 aromatic carbocycles. The van der Waals surface area contributed by atoms with Crippen molar-refractivity contribution in [3.63, 3.8) is 0 Å². The van der Waals surface area contributed by atoms with Crippen LogP contribution in [0.4, 0.5) is 0 Å². The predicted molar refractivity (Wildman–Crippen MR) is 63.2 cm³/mol. The lowest BCUT2D eigenvalue weighted by Crippen LogP contribution is -2.24. The third-order valence-corrected chi connectivity index (χ3v) is 2.32. The van der Waals surface area contributed by atoms with Crippen LogP contribution >= 0.6 is 0 Å². The second-order valence-corrected chi connectivity index (χ2v) is 4.49. The second-order valence-electron chi connectivity index (χ2n) is 4.49. The van der Waals surface area contributed by atoms with Crippen LogP contribution in [0.5, 0.6) is 0 Å². The summed E-state index contributed by atoms with van der Waals surface area (Å²) in [5, 5.41) is 11.2. The van der Waals surface area contributed by atoms with Crippen LogP contribution in [-0.4, -0.2) is 23.5 Å². The number of hydrogen-bond donors (Lipinski definition) is 2. The van der Waals surface area contributed by atoms with Crippen molar-refractivity contribution in [2.75, 3.05) is 6.54 Å². The van der Waals surface area contributed by atoms with Crippen LogP contribution in [0.15, 0.2) is 0 Å². The van der Waals surface area contributed by atoms with Gasteiger partial charge in [-0.2, -0.15) is 0 Å². The number of aliphatic carboxylic acids is 1. The Bertz CT molecular complexity index is 214. The van der Waals surface area contributed by atoms with E-state index >= 15 is 0 Å². The Balaban J connectivity index is 3.27. The van der Waals surface area contributed by atoms with Gasteiger partial charge in [-0.15, -0.1) is 0 Å². The van der Waals surface area contributed by atoms with Gasteiger partial charge in [0.1, 0.15) is 0 Å². The van der Waals surface area contributed by atoms with E-state index in [-0.39, 0.29) is 12.3 Å². The van der Waals surface area contributed by atoms with Crippen LogP contribution in [0.25, 0.3) is 0 Å². The molecule has 0 saturated heterocycles. The van der Waals surface area contributed by atoms with Gasteiger partial charge in [-0.05, 0) is 18.8 Å². The number of unbranched alkanes of at least 4 members (excludes halogenated alkanes) is 1. The highest BCUT2D eigenvalue weighted by atomic mass is 16.4. The van der Waals surface area contributed by atoms with Gasteiger partial charge in [0.15, 0.2) is 0 Å². The van der Waals surface area contributed by atoms with Crippen molar-refractivity contribution in [3.8, 4) is 0 Å². The monoisotopic (exact) mass is 229 g/mol. The molecule has 0 aliphatic heterocycles. The minimum absolute atomic E-state index is 0.0363. The zero-order valence-corrected chi connectivity index (χ0v) is 10.3. The molecular formula is C12H23NO3. The molecule has 0 aliphatic rings. The molecule has 94 valence electrons.